The van der Waals surface area contributed by atoms with E-state index in [9.17, 15) is 10.1 Å². The Morgan fingerprint density at radius 3 is 2.64 bits per heavy atom. The summed E-state index contributed by atoms with van der Waals surface area (Å²) in [5.41, 5.74) is 0.481. The molecule has 0 saturated heterocycles. The zero-order valence-corrected chi connectivity index (χ0v) is 6.49. The normalized spacial score (nSPS) is 12.8. The van der Waals surface area contributed by atoms with E-state index in [0.717, 1.165) is 0 Å². The average molecular weight is 153 g/mol. The minimum absolute atomic E-state index is 0.379. The molecule has 0 spiro atoms. The first-order valence-corrected chi connectivity index (χ1v) is 3.21. The van der Waals surface area contributed by atoms with Crippen molar-refractivity contribution in [1.82, 2.24) is 0 Å². The Kier molecular flexibility index (Phi) is 3.88. The topological polar surface area (TPSA) is 43.1 Å². The molecule has 1 atom stereocenters. The van der Waals surface area contributed by atoms with Crippen LogP contribution in [0.15, 0.2) is 37.0 Å². The molecule has 0 aliphatic heterocycles. The third-order valence-electron chi connectivity index (χ3n) is 1.30. The largest absolute Gasteiger partial charge is 0.264 e. The summed E-state index contributed by atoms with van der Waals surface area (Å²) >= 11 is 0. The van der Waals surface area contributed by atoms with E-state index in [1.165, 1.54) is 6.92 Å². The number of nitrogens with zero attached hydrogens (tertiary/aromatic N) is 1. The van der Waals surface area contributed by atoms with Gasteiger partial charge in [-0.2, -0.15) is 0 Å². The fourth-order valence-corrected chi connectivity index (χ4v) is 0.466. The highest BCUT2D eigenvalue weighted by Gasteiger charge is 2.13. The fraction of sp³-hybridized carbons (Fsp3) is 0.250. The predicted molar refractivity (Wildman–Crippen MR) is 44.9 cm³/mol. The second-order valence-corrected chi connectivity index (χ2v) is 2.13. The van der Waals surface area contributed by atoms with E-state index in [1.54, 1.807) is 18.2 Å². The fourth-order valence-electron chi connectivity index (χ4n) is 0.466. The molecular weight excluding hydrogens is 142 g/mol. The van der Waals surface area contributed by atoms with Crippen LogP contribution in [0.2, 0.25) is 0 Å². The van der Waals surface area contributed by atoms with Crippen molar-refractivity contribution in [3.63, 3.8) is 0 Å². The van der Waals surface area contributed by atoms with Gasteiger partial charge in [0, 0.05) is 17.4 Å². The first-order valence-electron chi connectivity index (χ1n) is 3.21. The van der Waals surface area contributed by atoms with E-state index >= 15 is 0 Å². The van der Waals surface area contributed by atoms with Gasteiger partial charge in [0.15, 0.2) is 0 Å². The Morgan fingerprint density at radius 1 is 1.73 bits per heavy atom. The molecule has 0 rings (SSSR count). The Balaban J connectivity index is 4.14. The maximum Gasteiger partial charge on any atom is 0.234 e. The molecule has 0 saturated carbocycles. The van der Waals surface area contributed by atoms with E-state index in [-0.39, 0.29) is 4.92 Å². The molecule has 0 aromatic rings. The molecule has 0 aliphatic rings. The standard InChI is InChI=1S/C8H11NO2/c1-4-5-6-7(2)8(3)9(10)11/h4-6,8H,1-2H2,3H3/b6-5-. The van der Waals surface area contributed by atoms with Crippen LogP contribution in [-0.4, -0.2) is 11.0 Å². The van der Waals surface area contributed by atoms with Crippen LogP contribution in [0.5, 0.6) is 0 Å². The molecule has 0 N–H and O–H groups in total. The first-order chi connectivity index (χ1) is 5.09. The second kappa shape index (κ2) is 4.44. The first kappa shape index (κ1) is 9.62. The van der Waals surface area contributed by atoms with E-state index in [4.69, 9.17) is 0 Å². The zero-order valence-electron chi connectivity index (χ0n) is 6.49. The highest BCUT2D eigenvalue weighted by molar-refractivity contribution is 5.21. The number of hydrogen-bond acceptors (Lipinski definition) is 2. The van der Waals surface area contributed by atoms with E-state index in [2.05, 4.69) is 13.2 Å². The molecule has 0 aromatic carbocycles. The van der Waals surface area contributed by atoms with Crippen LogP contribution >= 0.6 is 0 Å². The summed E-state index contributed by atoms with van der Waals surface area (Å²) in [7, 11) is 0. The number of nitro groups is 1. The van der Waals surface area contributed by atoms with Crippen molar-refractivity contribution in [1.29, 1.82) is 0 Å². The summed E-state index contributed by atoms with van der Waals surface area (Å²) < 4.78 is 0. The quantitative estimate of drug-likeness (QED) is 0.352. The molecule has 0 amide bonds. The molecule has 3 nitrogen and oxygen atoms in total. The zero-order chi connectivity index (χ0) is 8.85. The summed E-state index contributed by atoms with van der Waals surface area (Å²) in [6.45, 7) is 8.47. The summed E-state index contributed by atoms with van der Waals surface area (Å²) in [5.74, 6) is 0. The monoisotopic (exact) mass is 153 g/mol. The summed E-state index contributed by atoms with van der Waals surface area (Å²) in [5, 5.41) is 10.2. The maximum absolute atomic E-state index is 10.2. The maximum atomic E-state index is 10.2. The molecular formula is C8H11NO2. The van der Waals surface area contributed by atoms with Crippen molar-refractivity contribution < 1.29 is 4.92 Å². The van der Waals surface area contributed by atoms with Gasteiger partial charge in [0.1, 0.15) is 0 Å². The van der Waals surface area contributed by atoms with Crippen molar-refractivity contribution in [2.45, 2.75) is 13.0 Å². The van der Waals surface area contributed by atoms with Crippen LogP contribution in [0.25, 0.3) is 0 Å². The lowest BCUT2D eigenvalue weighted by molar-refractivity contribution is -0.506. The van der Waals surface area contributed by atoms with Crippen LogP contribution in [0.1, 0.15) is 6.92 Å². The van der Waals surface area contributed by atoms with Crippen molar-refractivity contribution in [3.8, 4) is 0 Å². The van der Waals surface area contributed by atoms with Gasteiger partial charge in [0.2, 0.25) is 6.04 Å². The molecule has 0 aromatic heterocycles. The Morgan fingerprint density at radius 2 is 2.27 bits per heavy atom. The molecule has 0 heterocycles. The average Bonchev–Trinajstić information content (AvgIpc) is 1.98. The Hall–Kier alpha value is -1.38. The Bertz CT molecular complexity index is 206. The van der Waals surface area contributed by atoms with E-state index in [0.29, 0.717) is 5.57 Å². The van der Waals surface area contributed by atoms with Gasteiger partial charge in [-0.3, -0.25) is 10.1 Å². The van der Waals surface area contributed by atoms with Gasteiger partial charge in [0.25, 0.3) is 0 Å². The second-order valence-electron chi connectivity index (χ2n) is 2.13. The van der Waals surface area contributed by atoms with Crippen LogP contribution in [0, 0.1) is 10.1 Å². The van der Waals surface area contributed by atoms with Gasteiger partial charge < -0.3 is 0 Å². The van der Waals surface area contributed by atoms with E-state index in [1.807, 2.05) is 0 Å². The smallest absolute Gasteiger partial charge is 0.234 e. The van der Waals surface area contributed by atoms with Crippen molar-refractivity contribution >= 4 is 0 Å². The van der Waals surface area contributed by atoms with Gasteiger partial charge in [-0.25, -0.2) is 0 Å². The van der Waals surface area contributed by atoms with Gasteiger partial charge in [-0.15, -0.1) is 0 Å². The molecule has 0 radical (unpaired) electrons. The van der Waals surface area contributed by atoms with Crippen LogP contribution < -0.4 is 0 Å². The molecule has 1 unspecified atom stereocenters. The van der Waals surface area contributed by atoms with E-state index < -0.39 is 6.04 Å². The van der Waals surface area contributed by atoms with Crippen molar-refractivity contribution in [2.24, 2.45) is 0 Å². The highest BCUT2D eigenvalue weighted by Crippen LogP contribution is 2.03. The van der Waals surface area contributed by atoms with Gasteiger partial charge >= 0.3 is 0 Å². The SMILES string of the molecule is C=C/C=C\C(=C)C(C)[N+](=O)[O-]. The summed E-state index contributed by atoms with van der Waals surface area (Å²) in [6.07, 6.45) is 4.76. The van der Waals surface area contributed by atoms with Crippen molar-refractivity contribution in [2.75, 3.05) is 0 Å². The van der Waals surface area contributed by atoms with Gasteiger partial charge in [-0.1, -0.05) is 31.4 Å². The lowest BCUT2D eigenvalue weighted by Crippen LogP contribution is -2.15. The van der Waals surface area contributed by atoms with Crippen LogP contribution in [0.3, 0.4) is 0 Å². The molecule has 0 bridgehead atoms. The molecule has 11 heavy (non-hydrogen) atoms. The number of rotatable bonds is 4. The van der Waals surface area contributed by atoms with Gasteiger partial charge in [-0.05, 0) is 0 Å². The lowest BCUT2D eigenvalue weighted by atomic mass is 10.1. The summed E-state index contributed by atoms with van der Waals surface area (Å²) in [6, 6.07) is -0.716. The minimum atomic E-state index is -0.716. The van der Waals surface area contributed by atoms with Crippen LogP contribution in [0.4, 0.5) is 0 Å². The number of hydrogen-bond donors (Lipinski definition) is 0. The molecule has 60 valence electrons. The molecule has 0 aliphatic carbocycles. The third kappa shape index (κ3) is 3.35. The highest BCUT2D eigenvalue weighted by atomic mass is 16.6. The van der Waals surface area contributed by atoms with Crippen LogP contribution in [-0.2, 0) is 0 Å². The summed E-state index contributed by atoms with van der Waals surface area (Å²) in [4.78, 5) is 9.81. The lowest BCUT2D eigenvalue weighted by Gasteiger charge is -2.00. The predicted octanol–water partition coefficient (Wildman–Crippen LogP) is 1.95. The molecule has 3 heteroatoms. The molecule has 0 fully saturated rings. The number of allylic oxidation sites excluding steroid dienone is 2. The third-order valence-corrected chi connectivity index (χ3v) is 1.30. The van der Waals surface area contributed by atoms with Gasteiger partial charge in [0.05, 0.1) is 0 Å². The minimum Gasteiger partial charge on any atom is -0.264 e. The van der Waals surface area contributed by atoms with Crippen molar-refractivity contribution in [3.05, 3.63) is 47.1 Å². The Labute approximate surface area is 65.9 Å².